The third-order valence-corrected chi connectivity index (χ3v) is 3.04. The summed E-state index contributed by atoms with van der Waals surface area (Å²) in [6.07, 6.45) is -0.625. The molecule has 2 N–H and O–H groups in total. The van der Waals surface area contributed by atoms with Crippen LogP contribution >= 0.6 is 11.3 Å². The maximum Gasteiger partial charge on any atom is 0.324 e. The number of aromatic nitrogens is 3. The van der Waals surface area contributed by atoms with Crippen molar-refractivity contribution >= 4 is 17.3 Å². The van der Waals surface area contributed by atoms with Gasteiger partial charge in [0, 0.05) is 6.54 Å². The van der Waals surface area contributed by atoms with Gasteiger partial charge in [0.1, 0.15) is 0 Å². The van der Waals surface area contributed by atoms with Crippen LogP contribution in [0.15, 0.2) is 16.8 Å². The molecule has 7 nitrogen and oxygen atoms in total. The van der Waals surface area contributed by atoms with Crippen LogP contribution in [-0.4, -0.2) is 40.8 Å². The highest BCUT2D eigenvalue weighted by Gasteiger charge is 2.11. The van der Waals surface area contributed by atoms with Gasteiger partial charge in [0.25, 0.3) is 0 Å². The molecule has 0 aliphatic carbocycles. The number of nitrogens with zero attached hydrogens (tertiary/aromatic N) is 3. The van der Waals surface area contributed by atoms with Crippen molar-refractivity contribution in [2.24, 2.45) is 0 Å². The van der Waals surface area contributed by atoms with Gasteiger partial charge in [-0.1, -0.05) is 0 Å². The Morgan fingerprint density at radius 1 is 1.26 bits per heavy atom. The number of anilines is 1. The third-order valence-electron chi connectivity index (χ3n) is 2.34. The predicted octanol–water partition coefficient (Wildman–Crippen LogP) is 1.10. The molecule has 0 saturated carbocycles. The van der Waals surface area contributed by atoms with Gasteiger partial charge in [-0.05, 0) is 22.4 Å². The lowest BCUT2D eigenvalue weighted by Crippen LogP contribution is -2.14. The Kier molecular flexibility index (Phi) is 4.48. The van der Waals surface area contributed by atoms with Gasteiger partial charge < -0.3 is 19.9 Å². The molecule has 2 rings (SSSR count). The van der Waals surface area contributed by atoms with E-state index in [1.807, 2.05) is 16.8 Å². The van der Waals surface area contributed by atoms with Gasteiger partial charge in [-0.3, -0.25) is 0 Å². The van der Waals surface area contributed by atoms with E-state index in [1.165, 1.54) is 25.6 Å². The largest absolute Gasteiger partial charge is 0.467 e. The summed E-state index contributed by atoms with van der Waals surface area (Å²) in [4.78, 5) is 11.9. The summed E-state index contributed by atoms with van der Waals surface area (Å²) in [5.41, 5.74) is 0.852. The van der Waals surface area contributed by atoms with Crippen molar-refractivity contribution in [1.29, 1.82) is 0 Å². The number of rotatable bonds is 6. The van der Waals surface area contributed by atoms with Gasteiger partial charge in [0.05, 0.1) is 20.3 Å². The van der Waals surface area contributed by atoms with E-state index < -0.39 is 6.10 Å². The Morgan fingerprint density at radius 2 is 1.95 bits per heavy atom. The van der Waals surface area contributed by atoms with Gasteiger partial charge in [-0.25, -0.2) is 0 Å². The lowest BCUT2D eigenvalue weighted by Gasteiger charge is -2.11. The van der Waals surface area contributed by atoms with Gasteiger partial charge in [0.2, 0.25) is 5.95 Å². The fourth-order valence-electron chi connectivity index (χ4n) is 1.37. The van der Waals surface area contributed by atoms with Crippen LogP contribution in [0.3, 0.4) is 0 Å². The molecule has 102 valence electrons. The van der Waals surface area contributed by atoms with E-state index >= 15 is 0 Å². The monoisotopic (exact) mass is 282 g/mol. The molecule has 1 atom stereocenters. The van der Waals surface area contributed by atoms with Crippen molar-refractivity contribution in [1.82, 2.24) is 15.0 Å². The molecule has 0 amide bonds. The Hall–Kier alpha value is -1.93. The Morgan fingerprint density at radius 3 is 2.47 bits per heavy atom. The summed E-state index contributed by atoms with van der Waals surface area (Å²) in [5, 5.41) is 16.6. The minimum atomic E-state index is -0.625. The molecule has 0 radical (unpaired) electrons. The van der Waals surface area contributed by atoms with Crippen molar-refractivity contribution in [3.05, 3.63) is 22.4 Å². The van der Waals surface area contributed by atoms with Crippen LogP contribution in [0.2, 0.25) is 0 Å². The zero-order valence-electron chi connectivity index (χ0n) is 10.5. The van der Waals surface area contributed by atoms with Crippen LogP contribution in [0.5, 0.6) is 12.0 Å². The predicted molar refractivity (Wildman–Crippen MR) is 70.7 cm³/mol. The van der Waals surface area contributed by atoms with Crippen molar-refractivity contribution in [2.45, 2.75) is 6.10 Å². The van der Waals surface area contributed by atoms with Crippen LogP contribution in [0.4, 0.5) is 5.95 Å². The minimum Gasteiger partial charge on any atom is -0.467 e. The van der Waals surface area contributed by atoms with E-state index in [2.05, 4.69) is 20.3 Å². The summed E-state index contributed by atoms with van der Waals surface area (Å²) in [7, 11) is 2.91. The van der Waals surface area contributed by atoms with E-state index in [-0.39, 0.29) is 24.5 Å². The number of hydrogen-bond acceptors (Lipinski definition) is 8. The van der Waals surface area contributed by atoms with Gasteiger partial charge in [-0.2, -0.15) is 21.3 Å². The molecule has 0 aliphatic rings. The fourth-order valence-corrected chi connectivity index (χ4v) is 2.08. The summed E-state index contributed by atoms with van der Waals surface area (Å²) >= 11 is 1.53. The number of methoxy groups -OCH3 is 2. The highest BCUT2D eigenvalue weighted by Crippen LogP contribution is 2.17. The molecular weight excluding hydrogens is 268 g/mol. The van der Waals surface area contributed by atoms with Crippen LogP contribution in [0.25, 0.3) is 0 Å². The molecule has 0 aromatic carbocycles. The lowest BCUT2D eigenvalue weighted by molar-refractivity contribution is 0.192. The first-order valence-electron chi connectivity index (χ1n) is 5.51. The molecule has 0 saturated heterocycles. The van der Waals surface area contributed by atoms with Crippen LogP contribution in [0.1, 0.15) is 11.7 Å². The molecule has 2 aromatic heterocycles. The van der Waals surface area contributed by atoms with E-state index in [9.17, 15) is 5.11 Å². The van der Waals surface area contributed by atoms with Gasteiger partial charge in [-0.15, -0.1) is 4.98 Å². The molecule has 2 aromatic rings. The highest BCUT2D eigenvalue weighted by atomic mass is 32.1. The van der Waals surface area contributed by atoms with Crippen LogP contribution in [-0.2, 0) is 0 Å². The fraction of sp³-hybridized carbons (Fsp3) is 0.364. The van der Waals surface area contributed by atoms with Gasteiger partial charge >= 0.3 is 12.0 Å². The Labute approximate surface area is 114 Å². The Balaban J connectivity index is 2.02. The molecule has 8 heteroatoms. The molecule has 2 heterocycles. The zero-order valence-corrected chi connectivity index (χ0v) is 11.3. The van der Waals surface area contributed by atoms with E-state index in [1.54, 1.807) is 0 Å². The quantitative estimate of drug-likeness (QED) is 0.819. The standard InChI is InChI=1S/C11H14N4O3S/c1-17-10-13-9(14-11(15-10)18-2)12-5-8(16)7-3-4-19-6-7/h3-4,6,8,16H,5H2,1-2H3,(H,12,13,14,15). The van der Waals surface area contributed by atoms with Crippen LogP contribution in [0, 0.1) is 0 Å². The van der Waals surface area contributed by atoms with Crippen molar-refractivity contribution in [3.8, 4) is 12.0 Å². The van der Waals surface area contributed by atoms with Crippen molar-refractivity contribution < 1.29 is 14.6 Å². The Bertz CT molecular complexity index is 498. The normalized spacial score (nSPS) is 11.9. The SMILES string of the molecule is COc1nc(NCC(O)c2ccsc2)nc(OC)n1. The number of aliphatic hydroxyl groups is 1. The molecular formula is C11H14N4O3S. The summed E-state index contributed by atoms with van der Waals surface area (Å²) in [6.45, 7) is 0.285. The minimum absolute atomic E-state index is 0.152. The molecule has 19 heavy (non-hydrogen) atoms. The maximum absolute atomic E-state index is 9.93. The zero-order chi connectivity index (χ0) is 13.7. The average molecular weight is 282 g/mol. The van der Waals surface area contributed by atoms with E-state index in [0.29, 0.717) is 0 Å². The van der Waals surface area contributed by atoms with E-state index in [4.69, 9.17) is 9.47 Å². The second kappa shape index (κ2) is 6.30. The topological polar surface area (TPSA) is 89.4 Å². The van der Waals surface area contributed by atoms with Crippen LogP contribution < -0.4 is 14.8 Å². The molecule has 1 unspecified atom stereocenters. The van der Waals surface area contributed by atoms with Gasteiger partial charge in [0.15, 0.2) is 0 Å². The number of ether oxygens (including phenoxy) is 2. The molecule has 0 fully saturated rings. The number of hydrogen-bond donors (Lipinski definition) is 2. The number of aliphatic hydroxyl groups excluding tert-OH is 1. The maximum atomic E-state index is 9.93. The summed E-state index contributed by atoms with van der Waals surface area (Å²) < 4.78 is 9.87. The number of nitrogens with one attached hydrogen (secondary N) is 1. The van der Waals surface area contributed by atoms with Crippen molar-refractivity contribution in [2.75, 3.05) is 26.1 Å². The first kappa shape index (κ1) is 13.5. The lowest BCUT2D eigenvalue weighted by atomic mass is 10.2. The first-order chi connectivity index (χ1) is 9.22. The number of thiophene rings is 1. The summed E-state index contributed by atoms with van der Waals surface area (Å²) in [6, 6.07) is 2.17. The molecule has 0 bridgehead atoms. The average Bonchev–Trinajstić information content (AvgIpc) is 2.98. The van der Waals surface area contributed by atoms with Crippen molar-refractivity contribution in [3.63, 3.8) is 0 Å². The first-order valence-corrected chi connectivity index (χ1v) is 6.45. The highest BCUT2D eigenvalue weighted by molar-refractivity contribution is 7.07. The third kappa shape index (κ3) is 3.52. The van der Waals surface area contributed by atoms with E-state index in [0.717, 1.165) is 5.56 Å². The summed E-state index contributed by atoms with van der Waals surface area (Å²) in [5.74, 6) is 0.290. The second-order valence-electron chi connectivity index (χ2n) is 3.59. The molecule has 0 spiro atoms. The molecule has 0 aliphatic heterocycles. The second-order valence-corrected chi connectivity index (χ2v) is 4.37. The smallest absolute Gasteiger partial charge is 0.324 e.